The van der Waals surface area contributed by atoms with E-state index in [2.05, 4.69) is 0 Å². The lowest BCUT2D eigenvalue weighted by molar-refractivity contribution is -0.645. The number of carbonyl (C=O) groups excluding carboxylic acids is 1. The van der Waals surface area contributed by atoms with Crippen LogP contribution in [0.25, 0.3) is 0 Å². The Balaban J connectivity index is 2.24. The van der Waals surface area contributed by atoms with E-state index in [0.29, 0.717) is 5.03 Å². The van der Waals surface area contributed by atoms with Crippen LogP contribution in [0.2, 0.25) is 0 Å². The number of aromatic nitrogens is 1. The van der Waals surface area contributed by atoms with Crippen molar-refractivity contribution in [3.05, 3.63) is 64.0 Å². The Morgan fingerprint density at radius 2 is 1.81 bits per heavy atom. The van der Waals surface area contributed by atoms with Gasteiger partial charge in [0.15, 0.2) is 12.0 Å². The first-order valence-corrected chi connectivity index (χ1v) is 7.75. The molecular formula is C17H19NO2S. The average molecular weight is 301 g/mol. The summed E-state index contributed by atoms with van der Waals surface area (Å²) in [6.45, 7) is 7.84. The van der Waals surface area contributed by atoms with Gasteiger partial charge >= 0.3 is 0 Å². The molecule has 0 saturated heterocycles. The zero-order chi connectivity index (χ0) is 15.6. The second kappa shape index (κ2) is 6.31. The van der Waals surface area contributed by atoms with Crippen LogP contribution in [0.5, 0.6) is 0 Å². The maximum Gasteiger partial charge on any atom is 0.252 e. The van der Waals surface area contributed by atoms with Crippen LogP contribution < -0.4 is 4.73 Å². The standard InChI is InChI=1S/C17H19NO2S/c1-11-9-13(3)15(10-12(11)2)17(19)14(4)21-16-7-5-6-8-18(16)20/h5-10,14H,1-4H3/t14-/m0/s1. The van der Waals surface area contributed by atoms with Gasteiger partial charge in [-0.1, -0.05) is 6.07 Å². The van der Waals surface area contributed by atoms with Gasteiger partial charge in [-0.3, -0.25) is 4.79 Å². The molecular weight excluding hydrogens is 282 g/mol. The lowest BCUT2D eigenvalue weighted by Gasteiger charge is -2.13. The van der Waals surface area contributed by atoms with Crippen LogP contribution in [0.3, 0.4) is 0 Å². The highest BCUT2D eigenvalue weighted by atomic mass is 32.2. The van der Waals surface area contributed by atoms with Crippen LogP contribution in [-0.4, -0.2) is 11.0 Å². The summed E-state index contributed by atoms with van der Waals surface area (Å²) in [4.78, 5) is 12.6. The van der Waals surface area contributed by atoms with E-state index in [9.17, 15) is 10.0 Å². The fraction of sp³-hybridized carbons (Fsp3) is 0.294. The first-order chi connectivity index (χ1) is 9.90. The third-order valence-corrected chi connectivity index (χ3v) is 4.69. The van der Waals surface area contributed by atoms with Crippen molar-refractivity contribution in [1.82, 2.24) is 0 Å². The molecule has 0 spiro atoms. The highest BCUT2D eigenvalue weighted by Gasteiger charge is 2.21. The molecule has 1 aromatic heterocycles. The van der Waals surface area contributed by atoms with E-state index in [-0.39, 0.29) is 11.0 Å². The van der Waals surface area contributed by atoms with E-state index >= 15 is 0 Å². The Morgan fingerprint density at radius 1 is 1.14 bits per heavy atom. The zero-order valence-electron chi connectivity index (χ0n) is 12.7. The van der Waals surface area contributed by atoms with Crippen LogP contribution in [-0.2, 0) is 0 Å². The Morgan fingerprint density at radius 3 is 2.48 bits per heavy atom. The number of rotatable bonds is 4. The maximum atomic E-state index is 12.6. The highest BCUT2D eigenvalue weighted by molar-refractivity contribution is 8.00. The first-order valence-electron chi connectivity index (χ1n) is 6.87. The fourth-order valence-electron chi connectivity index (χ4n) is 2.18. The summed E-state index contributed by atoms with van der Waals surface area (Å²) in [7, 11) is 0. The third kappa shape index (κ3) is 3.45. The van der Waals surface area contributed by atoms with Gasteiger partial charge in [-0.05, 0) is 68.3 Å². The first kappa shape index (κ1) is 15.6. The molecule has 0 aliphatic rings. The minimum atomic E-state index is -0.298. The molecule has 0 N–H and O–H groups in total. The molecule has 2 rings (SSSR count). The summed E-state index contributed by atoms with van der Waals surface area (Å²) in [5.74, 6) is 0.0597. The third-order valence-electron chi connectivity index (χ3n) is 3.56. The molecule has 1 aromatic carbocycles. The van der Waals surface area contributed by atoms with Gasteiger partial charge in [0.2, 0.25) is 0 Å². The average Bonchev–Trinajstić information content (AvgIpc) is 2.44. The van der Waals surface area contributed by atoms with Crippen molar-refractivity contribution < 1.29 is 9.52 Å². The van der Waals surface area contributed by atoms with Crippen LogP contribution in [0, 0.1) is 26.0 Å². The van der Waals surface area contributed by atoms with Crippen molar-refractivity contribution in [2.75, 3.05) is 0 Å². The van der Waals surface area contributed by atoms with Crippen molar-refractivity contribution >= 4 is 17.5 Å². The Labute approximate surface area is 129 Å². The van der Waals surface area contributed by atoms with E-state index in [1.165, 1.54) is 23.5 Å². The van der Waals surface area contributed by atoms with Crippen LogP contribution in [0.4, 0.5) is 0 Å². The molecule has 0 unspecified atom stereocenters. The summed E-state index contributed by atoms with van der Waals surface area (Å²) < 4.78 is 0.793. The van der Waals surface area contributed by atoms with Gasteiger partial charge in [-0.15, -0.1) is 0 Å². The van der Waals surface area contributed by atoms with E-state index in [1.54, 1.807) is 18.2 Å². The normalized spacial score (nSPS) is 12.2. The molecule has 0 amide bonds. The number of pyridine rings is 1. The number of hydrogen-bond donors (Lipinski definition) is 0. The minimum Gasteiger partial charge on any atom is -0.618 e. The highest BCUT2D eigenvalue weighted by Crippen LogP contribution is 2.25. The summed E-state index contributed by atoms with van der Waals surface area (Å²) in [5, 5.41) is 11.9. The SMILES string of the molecule is Cc1cc(C)c(C(=O)[C@H](C)Sc2cccc[n+]2[O-])cc1C. The number of hydrogen-bond acceptors (Lipinski definition) is 3. The molecule has 0 bridgehead atoms. The smallest absolute Gasteiger partial charge is 0.252 e. The largest absolute Gasteiger partial charge is 0.618 e. The quantitative estimate of drug-likeness (QED) is 0.375. The van der Waals surface area contributed by atoms with Gasteiger partial charge in [0.25, 0.3) is 5.03 Å². The summed E-state index contributed by atoms with van der Waals surface area (Å²) in [6.07, 6.45) is 1.45. The number of ketones is 1. The number of thioether (sulfide) groups is 1. The van der Waals surface area contributed by atoms with Gasteiger partial charge in [0.05, 0.1) is 5.25 Å². The molecule has 0 radical (unpaired) electrons. The molecule has 3 nitrogen and oxygen atoms in total. The summed E-state index contributed by atoms with van der Waals surface area (Å²) in [6, 6.07) is 9.19. The molecule has 0 aliphatic heterocycles. The zero-order valence-corrected chi connectivity index (χ0v) is 13.5. The number of benzene rings is 1. The lowest BCUT2D eigenvalue weighted by Crippen LogP contribution is -2.29. The van der Waals surface area contributed by atoms with Gasteiger partial charge in [-0.2, -0.15) is 4.73 Å². The monoisotopic (exact) mass is 301 g/mol. The summed E-state index contributed by atoms with van der Waals surface area (Å²) >= 11 is 1.29. The molecule has 0 saturated carbocycles. The Bertz CT molecular complexity index is 682. The lowest BCUT2D eigenvalue weighted by atomic mass is 9.97. The van der Waals surface area contributed by atoms with Crippen LogP contribution in [0.1, 0.15) is 34.0 Å². The predicted octanol–water partition coefficient (Wildman–Crippen LogP) is 3.61. The number of nitrogens with zero attached hydrogens (tertiary/aromatic N) is 1. The van der Waals surface area contributed by atoms with Gasteiger partial charge < -0.3 is 5.21 Å². The maximum absolute atomic E-state index is 12.6. The second-order valence-corrected chi connectivity index (χ2v) is 6.60. The number of aryl methyl sites for hydroxylation is 3. The van der Waals surface area contributed by atoms with Gasteiger partial charge in [-0.25, -0.2) is 0 Å². The minimum absolute atomic E-state index is 0.0597. The summed E-state index contributed by atoms with van der Waals surface area (Å²) in [5.41, 5.74) is 4.02. The van der Waals surface area contributed by atoms with Crippen molar-refractivity contribution in [2.24, 2.45) is 0 Å². The predicted molar refractivity (Wildman–Crippen MR) is 85.7 cm³/mol. The van der Waals surface area contributed by atoms with E-state index in [4.69, 9.17) is 0 Å². The molecule has 0 fully saturated rings. The topological polar surface area (TPSA) is 44.0 Å². The Kier molecular flexibility index (Phi) is 4.68. The molecule has 21 heavy (non-hydrogen) atoms. The molecule has 2 aromatic rings. The number of carbonyl (C=O) groups is 1. The van der Waals surface area contributed by atoms with Gasteiger partial charge in [0.1, 0.15) is 0 Å². The second-order valence-electron chi connectivity index (χ2n) is 5.24. The van der Waals surface area contributed by atoms with E-state index in [1.807, 2.05) is 39.8 Å². The molecule has 1 heterocycles. The van der Waals surface area contributed by atoms with Crippen molar-refractivity contribution in [3.8, 4) is 0 Å². The molecule has 1 atom stereocenters. The van der Waals surface area contributed by atoms with E-state index in [0.717, 1.165) is 21.4 Å². The molecule has 110 valence electrons. The number of Topliss-reactive ketones (excluding diaryl/α,β-unsaturated/α-hetero) is 1. The van der Waals surface area contributed by atoms with Crippen molar-refractivity contribution in [2.45, 2.75) is 38.0 Å². The molecule has 4 heteroatoms. The fourth-order valence-corrected chi connectivity index (χ4v) is 3.10. The van der Waals surface area contributed by atoms with Crippen molar-refractivity contribution in [3.63, 3.8) is 0 Å². The molecule has 0 aliphatic carbocycles. The van der Waals surface area contributed by atoms with Crippen molar-refractivity contribution in [1.29, 1.82) is 0 Å². The van der Waals surface area contributed by atoms with E-state index < -0.39 is 0 Å². The van der Waals surface area contributed by atoms with Crippen LogP contribution >= 0.6 is 11.8 Å². The van der Waals surface area contributed by atoms with Gasteiger partial charge in [0, 0.05) is 17.7 Å². The Hall–Kier alpha value is -1.81. The van der Waals surface area contributed by atoms with Crippen LogP contribution in [0.15, 0.2) is 41.6 Å².